The van der Waals surface area contributed by atoms with Gasteiger partial charge in [0.15, 0.2) is 5.54 Å². The van der Waals surface area contributed by atoms with Gasteiger partial charge in [-0.1, -0.05) is 61.7 Å². The molecule has 198 valence electrons. The van der Waals surface area contributed by atoms with Crippen LogP contribution >= 0.6 is 0 Å². The number of hydrogen-bond donors (Lipinski definition) is 3. The van der Waals surface area contributed by atoms with Gasteiger partial charge in [-0.05, 0) is 49.6 Å². The fraction of sp³-hybridized carbons (Fsp3) is 0.467. The Morgan fingerprint density at radius 3 is 2.57 bits per heavy atom. The fourth-order valence-corrected chi connectivity index (χ4v) is 4.91. The Balaban J connectivity index is 1.55. The number of aliphatic imine (C=N–C) groups is 1. The van der Waals surface area contributed by atoms with Gasteiger partial charge in [0, 0.05) is 31.6 Å². The molecule has 1 saturated carbocycles. The normalized spacial score (nSPS) is 22.9. The van der Waals surface area contributed by atoms with E-state index in [1.54, 1.807) is 0 Å². The lowest BCUT2D eigenvalue weighted by Crippen LogP contribution is -2.54. The molecule has 1 aliphatic heterocycles. The number of nitrogens with one attached hydrogen (secondary N) is 1. The van der Waals surface area contributed by atoms with Crippen molar-refractivity contribution in [2.45, 2.75) is 69.1 Å². The summed E-state index contributed by atoms with van der Waals surface area (Å²) in [5.74, 6) is 0.865. The minimum absolute atomic E-state index is 0.0842. The van der Waals surface area contributed by atoms with Gasteiger partial charge in [0.1, 0.15) is 11.9 Å². The number of ether oxygens (including phenoxy) is 2. The number of carbonyl (C=O) groups is 1. The van der Waals surface area contributed by atoms with Gasteiger partial charge in [0.05, 0.1) is 12.2 Å². The Morgan fingerprint density at radius 2 is 1.86 bits per heavy atom. The molecule has 1 amide bonds. The Kier molecular flexibility index (Phi) is 9.00. The van der Waals surface area contributed by atoms with Gasteiger partial charge in [-0.2, -0.15) is 0 Å². The van der Waals surface area contributed by atoms with E-state index in [1.807, 2.05) is 73.7 Å². The predicted octanol–water partition coefficient (Wildman–Crippen LogP) is 4.27. The quantitative estimate of drug-likeness (QED) is 0.395. The van der Waals surface area contributed by atoms with Crippen LogP contribution in [0.1, 0.15) is 63.0 Å². The molecule has 0 spiro atoms. The molecule has 1 heterocycles. The first kappa shape index (κ1) is 26.9. The molecule has 4 rings (SSSR count). The van der Waals surface area contributed by atoms with Crippen LogP contribution in [0.4, 0.5) is 0 Å². The van der Waals surface area contributed by atoms with Crippen LogP contribution in [0.2, 0.25) is 0 Å². The van der Waals surface area contributed by atoms with E-state index in [1.165, 1.54) is 0 Å². The summed E-state index contributed by atoms with van der Waals surface area (Å²) in [5, 5.41) is 22.9. The van der Waals surface area contributed by atoms with Gasteiger partial charge in [-0.25, -0.2) is 4.99 Å². The summed E-state index contributed by atoms with van der Waals surface area (Å²) >= 11 is 0. The number of carbonyl (C=O) groups excluding carboxylic acids is 1. The van der Waals surface area contributed by atoms with Crippen molar-refractivity contribution in [3.8, 4) is 5.75 Å². The molecule has 1 aliphatic carbocycles. The van der Waals surface area contributed by atoms with Gasteiger partial charge in [-0.3, -0.25) is 4.79 Å². The van der Waals surface area contributed by atoms with Crippen LogP contribution in [0.3, 0.4) is 0 Å². The van der Waals surface area contributed by atoms with Crippen LogP contribution in [0.15, 0.2) is 65.7 Å². The molecule has 0 bridgehead atoms. The number of benzene rings is 2. The Hall–Kier alpha value is -3.16. The molecule has 7 heteroatoms. The molecule has 0 aromatic heterocycles. The van der Waals surface area contributed by atoms with Crippen molar-refractivity contribution in [3.63, 3.8) is 0 Å². The van der Waals surface area contributed by atoms with Gasteiger partial charge in [0.25, 0.3) is 5.91 Å². The lowest BCUT2D eigenvalue weighted by Gasteiger charge is -2.34. The van der Waals surface area contributed by atoms with E-state index in [4.69, 9.17) is 19.6 Å². The summed E-state index contributed by atoms with van der Waals surface area (Å²) in [6, 6.07) is 17.3. The van der Waals surface area contributed by atoms with Crippen molar-refractivity contribution in [2.75, 3.05) is 19.8 Å². The highest BCUT2D eigenvalue weighted by Crippen LogP contribution is 2.34. The van der Waals surface area contributed by atoms with Crippen LogP contribution in [0, 0.1) is 0 Å². The lowest BCUT2D eigenvalue weighted by atomic mass is 9.84. The van der Waals surface area contributed by atoms with Crippen molar-refractivity contribution in [2.24, 2.45) is 4.99 Å². The third kappa shape index (κ3) is 6.79. The van der Waals surface area contributed by atoms with Crippen LogP contribution < -0.4 is 10.1 Å². The molecule has 0 unspecified atom stereocenters. The van der Waals surface area contributed by atoms with Crippen LogP contribution in [0.25, 0.3) is 6.08 Å². The van der Waals surface area contributed by atoms with E-state index in [9.17, 15) is 9.90 Å². The monoisotopic (exact) mass is 506 g/mol. The molecular formula is C30H38N2O5. The standard InChI is InChI=1S/C30H38N2O5/c1-23-30(19-8-12-24-10-4-2-5-11-24,28(34)31-22-29(35)17-6-3-7-18-29)32-27(37-23)25-13-15-26(16-14-25)36-21-9-20-33/h2,4-5,8,10-16,23,33,35H,3,6-7,9,17-22H2,1H3,(H,31,34)/b12-8+/t23-,30-/m1/s1. The first-order chi connectivity index (χ1) is 17.9. The summed E-state index contributed by atoms with van der Waals surface area (Å²) in [4.78, 5) is 18.6. The Labute approximate surface area is 219 Å². The topological polar surface area (TPSA) is 100 Å². The molecule has 37 heavy (non-hydrogen) atoms. The predicted molar refractivity (Wildman–Crippen MR) is 145 cm³/mol. The first-order valence-electron chi connectivity index (χ1n) is 13.3. The highest BCUT2D eigenvalue weighted by molar-refractivity contribution is 6.00. The van der Waals surface area contributed by atoms with Crippen molar-refractivity contribution in [3.05, 3.63) is 71.8 Å². The second kappa shape index (κ2) is 12.4. The van der Waals surface area contributed by atoms with E-state index in [2.05, 4.69) is 5.32 Å². The highest BCUT2D eigenvalue weighted by atomic mass is 16.5. The van der Waals surface area contributed by atoms with E-state index in [0.29, 0.717) is 43.9 Å². The molecule has 1 fully saturated rings. The van der Waals surface area contributed by atoms with Gasteiger partial charge in [-0.15, -0.1) is 0 Å². The van der Waals surface area contributed by atoms with Crippen LogP contribution in [0.5, 0.6) is 5.75 Å². The number of nitrogens with zero attached hydrogens (tertiary/aromatic N) is 1. The molecular weight excluding hydrogens is 468 g/mol. The summed E-state index contributed by atoms with van der Waals surface area (Å²) in [6.45, 7) is 2.61. The first-order valence-corrected chi connectivity index (χ1v) is 13.3. The number of hydrogen-bond acceptors (Lipinski definition) is 6. The number of aliphatic hydroxyl groups excluding tert-OH is 1. The molecule has 2 atom stereocenters. The number of aliphatic hydroxyl groups is 2. The number of rotatable bonds is 11. The maximum Gasteiger partial charge on any atom is 0.252 e. The molecule has 2 aliphatic rings. The third-order valence-corrected chi connectivity index (χ3v) is 7.23. The van der Waals surface area contributed by atoms with E-state index in [-0.39, 0.29) is 19.1 Å². The highest BCUT2D eigenvalue weighted by Gasteiger charge is 2.50. The third-order valence-electron chi connectivity index (χ3n) is 7.23. The van der Waals surface area contributed by atoms with Crippen LogP contribution in [-0.2, 0) is 9.53 Å². The minimum Gasteiger partial charge on any atom is -0.494 e. The zero-order chi connectivity index (χ0) is 26.1. The zero-order valence-electron chi connectivity index (χ0n) is 21.6. The summed E-state index contributed by atoms with van der Waals surface area (Å²) in [5.41, 5.74) is -0.214. The van der Waals surface area contributed by atoms with Crippen molar-refractivity contribution < 1.29 is 24.5 Å². The smallest absolute Gasteiger partial charge is 0.252 e. The van der Waals surface area contributed by atoms with Crippen molar-refractivity contribution >= 4 is 17.9 Å². The SMILES string of the molecule is C[C@H]1OC(c2ccc(OCCCO)cc2)=N[C@@]1(C/C=C/c1ccccc1)C(=O)NCC1(O)CCCCC1. The van der Waals surface area contributed by atoms with Crippen molar-refractivity contribution in [1.29, 1.82) is 0 Å². The van der Waals surface area contributed by atoms with Crippen LogP contribution in [-0.4, -0.2) is 59.0 Å². The second-order valence-corrected chi connectivity index (χ2v) is 10.0. The lowest BCUT2D eigenvalue weighted by molar-refractivity contribution is -0.130. The van der Waals surface area contributed by atoms with Crippen molar-refractivity contribution in [1.82, 2.24) is 5.32 Å². The molecule has 3 N–H and O–H groups in total. The summed E-state index contributed by atoms with van der Waals surface area (Å²) in [6.07, 6.45) is 8.84. The molecule has 2 aromatic carbocycles. The summed E-state index contributed by atoms with van der Waals surface area (Å²) in [7, 11) is 0. The average Bonchev–Trinajstić information content (AvgIpc) is 3.26. The second-order valence-electron chi connectivity index (χ2n) is 10.0. The zero-order valence-corrected chi connectivity index (χ0v) is 21.6. The van der Waals surface area contributed by atoms with E-state index in [0.717, 1.165) is 30.4 Å². The molecule has 0 radical (unpaired) electrons. The van der Waals surface area contributed by atoms with Gasteiger partial charge >= 0.3 is 0 Å². The van der Waals surface area contributed by atoms with Gasteiger partial charge in [0.2, 0.25) is 5.90 Å². The fourth-order valence-electron chi connectivity index (χ4n) is 4.91. The molecule has 2 aromatic rings. The van der Waals surface area contributed by atoms with E-state index >= 15 is 0 Å². The maximum atomic E-state index is 13.7. The van der Waals surface area contributed by atoms with E-state index < -0.39 is 17.2 Å². The number of amides is 1. The minimum atomic E-state index is -1.15. The largest absolute Gasteiger partial charge is 0.494 e. The molecule has 0 saturated heterocycles. The Bertz CT molecular complexity index is 1080. The summed E-state index contributed by atoms with van der Waals surface area (Å²) < 4.78 is 11.8. The van der Waals surface area contributed by atoms with Gasteiger partial charge < -0.3 is 25.0 Å². The maximum absolute atomic E-state index is 13.7. The molecule has 7 nitrogen and oxygen atoms in total. The average molecular weight is 507 g/mol. The Morgan fingerprint density at radius 1 is 1.14 bits per heavy atom.